The first-order valence-corrected chi connectivity index (χ1v) is 5.80. The molecule has 0 saturated carbocycles. The number of ether oxygens (including phenoxy) is 2. The third-order valence-corrected chi connectivity index (χ3v) is 2.44. The average molecular weight is 277 g/mol. The minimum absolute atomic E-state index is 0.412. The maximum Gasteiger partial charge on any atom is 0.337 e. The molecule has 1 aromatic carbocycles. The summed E-state index contributed by atoms with van der Waals surface area (Å²) in [7, 11) is 1.30. The zero-order valence-corrected chi connectivity index (χ0v) is 11.2. The summed E-state index contributed by atoms with van der Waals surface area (Å²) in [6.45, 7) is 1.39. The van der Waals surface area contributed by atoms with Crippen LogP contribution in [0.3, 0.4) is 0 Å². The summed E-state index contributed by atoms with van der Waals surface area (Å²) in [5.41, 5.74) is 6.07. The number of hydrogen-bond acceptors (Lipinski definition) is 5. The highest BCUT2D eigenvalue weighted by molar-refractivity contribution is 5.91. The number of amides is 1. The first kappa shape index (κ1) is 15.4. The molecule has 1 aromatic rings. The van der Waals surface area contributed by atoms with Crippen molar-refractivity contribution in [3.05, 3.63) is 41.5 Å². The highest BCUT2D eigenvalue weighted by Crippen LogP contribution is 2.07. The van der Waals surface area contributed by atoms with E-state index in [0.29, 0.717) is 11.1 Å². The number of carbonyl (C=O) groups is 3. The van der Waals surface area contributed by atoms with E-state index in [1.54, 1.807) is 24.3 Å². The molecule has 0 radical (unpaired) electrons. The molecule has 6 nitrogen and oxygen atoms in total. The third kappa shape index (κ3) is 4.56. The number of esters is 2. The van der Waals surface area contributed by atoms with E-state index in [-0.39, 0.29) is 0 Å². The second-order valence-corrected chi connectivity index (χ2v) is 3.93. The van der Waals surface area contributed by atoms with Crippen LogP contribution in [0, 0.1) is 0 Å². The van der Waals surface area contributed by atoms with E-state index in [9.17, 15) is 14.4 Å². The molecule has 6 heteroatoms. The van der Waals surface area contributed by atoms with Gasteiger partial charge in [0, 0.05) is 6.08 Å². The van der Waals surface area contributed by atoms with Crippen LogP contribution in [0.5, 0.6) is 0 Å². The SMILES string of the molecule is COC(=O)c1ccc(/C=C/C(=O)O[C@@H](C)C(N)=O)cc1. The van der Waals surface area contributed by atoms with Gasteiger partial charge in [-0.3, -0.25) is 4.79 Å². The van der Waals surface area contributed by atoms with E-state index in [2.05, 4.69) is 4.74 Å². The highest BCUT2D eigenvalue weighted by atomic mass is 16.5. The predicted octanol–water partition coefficient (Wildman–Crippen LogP) is 0.903. The van der Waals surface area contributed by atoms with E-state index in [1.165, 1.54) is 26.2 Å². The molecule has 0 fully saturated rings. The van der Waals surface area contributed by atoms with Crippen LogP contribution in [0.15, 0.2) is 30.3 Å². The van der Waals surface area contributed by atoms with Crippen molar-refractivity contribution >= 4 is 23.9 Å². The Bertz CT molecular complexity index is 533. The number of methoxy groups -OCH3 is 1. The minimum atomic E-state index is -0.978. The Balaban J connectivity index is 2.64. The lowest BCUT2D eigenvalue weighted by Crippen LogP contribution is -2.29. The van der Waals surface area contributed by atoms with E-state index in [0.717, 1.165) is 0 Å². The first-order chi connectivity index (χ1) is 9.43. The molecule has 2 N–H and O–H groups in total. The third-order valence-electron chi connectivity index (χ3n) is 2.44. The summed E-state index contributed by atoms with van der Waals surface area (Å²) in [5.74, 6) is -1.82. The molecule has 0 saturated heterocycles. The smallest absolute Gasteiger partial charge is 0.337 e. The summed E-state index contributed by atoms with van der Waals surface area (Å²) in [5, 5.41) is 0. The average Bonchev–Trinajstić information content (AvgIpc) is 2.44. The molecule has 0 aliphatic carbocycles. The maximum atomic E-state index is 11.4. The van der Waals surface area contributed by atoms with E-state index < -0.39 is 23.9 Å². The zero-order valence-electron chi connectivity index (χ0n) is 11.2. The molecule has 20 heavy (non-hydrogen) atoms. The van der Waals surface area contributed by atoms with E-state index >= 15 is 0 Å². The van der Waals surface area contributed by atoms with Crippen molar-refractivity contribution in [2.75, 3.05) is 7.11 Å². The van der Waals surface area contributed by atoms with Gasteiger partial charge in [-0.25, -0.2) is 9.59 Å². The molecule has 0 aliphatic rings. The second kappa shape index (κ2) is 7.08. The summed E-state index contributed by atoms with van der Waals surface area (Å²) in [4.78, 5) is 33.3. The molecule has 0 heterocycles. The molecule has 0 spiro atoms. The van der Waals surface area contributed by atoms with E-state index in [1.807, 2.05) is 0 Å². The monoisotopic (exact) mass is 277 g/mol. The largest absolute Gasteiger partial charge is 0.465 e. The molecule has 0 aromatic heterocycles. The van der Waals surface area contributed by atoms with Crippen molar-refractivity contribution in [2.45, 2.75) is 13.0 Å². The molecule has 0 bridgehead atoms. The fourth-order valence-electron chi connectivity index (χ4n) is 1.28. The molecular formula is C14H15NO5. The molecule has 0 aliphatic heterocycles. The number of hydrogen-bond donors (Lipinski definition) is 1. The first-order valence-electron chi connectivity index (χ1n) is 5.80. The second-order valence-electron chi connectivity index (χ2n) is 3.93. The Morgan fingerprint density at radius 1 is 1.20 bits per heavy atom. The van der Waals surface area contributed by atoms with Gasteiger partial charge in [-0.15, -0.1) is 0 Å². The van der Waals surface area contributed by atoms with Gasteiger partial charge in [-0.05, 0) is 30.7 Å². The summed E-state index contributed by atoms with van der Waals surface area (Å²) < 4.78 is 9.30. The van der Waals surface area contributed by atoms with Gasteiger partial charge in [0.05, 0.1) is 12.7 Å². The van der Waals surface area contributed by atoms with Crippen LogP contribution in [-0.2, 0) is 19.1 Å². The summed E-state index contributed by atoms with van der Waals surface area (Å²) in [6, 6.07) is 6.44. The Morgan fingerprint density at radius 2 is 1.80 bits per heavy atom. The van der Waals surface area contributed by atoms with Crippen LogP contribution in [-0.4, -0.2) is 31.1 Å². The van der Waals surface area contributed by atoms with Crippen LogP contribution in [0.2, 0.25) is 0 Å². The van der Waals surface area contributed by atoms with Crippen LogP contribution >= 0.6 is 0 Å². The molecule has 1 amide bonds. The standard InChI is InChI=1S/C14H15NO5/c1-9(13(15)17)20-12(16)8-5-10-3-6-11(7-4-10)14(18)19-2/h3-9H,1-2H3,(H2,15,17)/b8-5+/t9-/m0/s1. The van der Waals surface area contributed by atoms with Gasteiger partial charge in [0.25, 0.3) is 5.91 Å². The fourth-order valence-corrected chi connectivity index (χ4v) is 1.28. The van der Waals surface area contributed by atoms with Crippen molar-refractivity contribution in [3.63, 3.8) is 0 Å². The van der Waals surface area contributed by atoms with Crippen molar-refractivity contribution in [2.24, 2.45) is 5.73 Å². The molecule has 106 valence electrons. The normalized spacial score (nSPS) is 11.9. The zero-order chi connectivity index (χ0) is 15.1. The number of rotatable bonds is 5. The van der Waals surface area contributed by atoms with Gasteiger partial charge in [0.2, 0.25) is 0 Å². The lowest BCUT2D eigenvalue weighted by atomic mass is 10.1. The Morgan fingerprint density at radius 3 is 2.30 bits per heavy atom. The number of primary amides is 1. The van der Waals surface area contributed by atoms with Crippen molar-refractivity contribution in [1.29, 1.82) is 0 Å². The van der Waals surface area contributed by atoms with Crippen LogP contribution in [0.4, 0.5) is 0 Å². The lowest BCUT2D eigenvalue weighted by molar-refractivity contribution is -0.148. The van der Waals surface area contributed by atoms with Gasteiger partial charge in [0.15, 0.2) is 6.10 Å². The molecule has 1 rings (SSSR count). The molecular weight excluding hydrogens is 262 g/mol. The maximum absolute atomic E-state index is 11.4. The van der Waals surface area contributed by atoms with Crippen LogP contribution in [0.25, 0.3) is 6.08 Å². The minimum Gasteiger partial charge on any atom is -0.465 e. The summed E-state index contributed by atoms with van der Waals surface area (Å²) >= 11 is 0. The van der Waals surface area contributed by atoms with Gasteiger partial charge < -0.3 is 15.2 Å². The summed E-state index contributed by atoms with van der Waals surface area (Å²) in [6.07, 6.45) is 1.69. The van der Waals surface area contributed by atoms with Gasteiger partial charge >= 0.3 is 11.9 Å². The highest BCUT2D eigenvalue weighted by Gasteiger charge is 2.12. The Kier molecular flexibility index (Phi) is 5.46. The predicted molar refractivity (Wildman–Crippen MR) is 71.6 cm³/mol. The number of benzene rings is 1. The van der Waals surface area contributed by atoms with Crippen molar-refractivity contribution in [1.82, 2.24) is 0 Å². The van der Waals surface area contributed by atoms with Crippen molar-refractivity contribution in [3.8, 4) is 0 Å². The lowest BCUT2D eigenvalue weighted by Gasteiger charge is -2.06. The number of carbonyl (C=O) groups excluding carboxylic acids is 3. The van der Waals surface area contributed by atoms with Crippen LogP contribution in [0.1, 0.15) is 22.8 Å². The van der Waals surface area contributed by atoms with Crippen LogP contribution < -0.4 is 5.73 Å². The van der Waals surface area contributed by atoms with Crippen molar-refractivity contribution < 1.29 is 23.9 Å². The Hall–Kier alpha value is -2.63. The van der Waals surface area contributed by atoms with Gasteiger partial charge in [-0.2, -0.15) is 0 Å². The molecule has 0 unspecified atom stereocenters. The fraction of sp³-hybridized carbons (Fsp3) is 0.214. The quantitative estimate of drug-likeness (QED) is 0.637. The van der Waals surface area contributed by atoms with Gasteiger partial charge in [-0.1, -0.05) is 12.1 Å². The molecule has 1 atom stereocenters. The van der Waals surface area contributed by atoms with Gasteiger partial charge in [0.1, 0.15) is 0 Å². The Labute approximate surface area is 116 Å². The van der Waals surface area contributed by atoms with E-state index in [4.69, 9.17) is 10.5 Å². The number of nitrogens with two attached hydrogens (primary N) is 1. The topological polar surface area (TPSA) is 95.7 Å².